The average molecular weight is 336 g/mol. The molecule has 1 amide bonds. The Hall–Kier alpha value is -1.26. The van der Waals surface area contributed by atoms with E-state index in [9.17, 15) is 9.59 Å². The molecular formula is C14H28N2O7. The van der Waals surface area contributed by atoms with Crippen molar-refractivity contribution < 1.29 is 33.6 Å². The Balaban J connectivity index is 3.17. The highest BCUT2D eigenvalue weighted by molar-refractivity contribution is 5.75. The van der Waals surface area contributed by atoms with Crippen LogP contribution in [0.15, 0.2) is 0 Å². The third kappa shape index (κ3) is 18.7. The smallest absolute Gasteiger partial charge is 0.305 e. The van der Waals surface area contributed by atoms with Crippen LogP contribution in [-0.2, 0) is 28.5 Å². The predicted octanol–water partition coefficient (Wildman–Crippen LogP) is -1.01. The van der Waals surface area contributed by atoms with Crippen molar-refractivity contribution in [3.05, 3.63) is 0 Å². The number of hydrogen-bond donors (Lipinski definition) is 3. The van der Waals surface area contributed by atoms with Gasteiger partial charge in [-0.15, -0.1) is 0 Å². The molecule has 0 rings (SSSR count). The number of aliphatic carboxylic acids is 1. The first-order valence-corrected chi connectivity index (χ1v) is 7.66. The molecule has 9 nitrogen and oxygen atoms in total. The van der Waals surface area contributed by atoms with E-state index in [1.807, 2.05) is 0 Å². The minimum Gasteiger partial charge on any atom is -0.481 e. The Morgan fingerprint density at radius 3 is 1.87 bits per heavy atom. The van der Waals surface area contributed by atoms with E-state index >= 15 is 0 Å². The molecule has 0 bridgehead atoms. The van der Waals surface area contributed by atoms with Crippen LogP contribution in [0.3, 0.4) is 0 Å². The summed E-state index contributed by atoms with van der Waals surface area (Å²) in [5.74, 6) is -0.991. The molecule has 0 fully saturated rings. The van der Waals surface area contributed by atoms with Crippen molar-refractivity contribution in [2.75, 3.05) is 65.9 Å². The summed E-state index contributed by atoms with van der Waals surface area (Å²) >= 11 is 0. The zero-order valence-electron chi connectivity index (χ0n) is 13.5. The summed E-state index contributed by atoms with van der Waals surface area (Å²) in [6.07, 6.45) is 0.270. The van der Waals surface area contributed by atoms with Gasteiger partial charge in [-0.2, -0.15) is 0 Å². The van der Waals surface area contributed by atoms with E-state index in [2.05, 4.69) is 5.32 Å². The number of nitrogens with one attached hydrogen (secondary N) is 1. The molecule has 9 heteroatoms. The highest BCUT2D eigenvalue weighted by Gasteiger charge is 2.01. The second-order valence-corrected chi connectivity index (χ2v) is 4.48. The quantitative estimate of drug-likeness (QED) is 0.288. The van der Waals surface area contributed by atoms with Crippen molar-refractivity contribution in [2.45, 2.75) is 12.8 Å². The first-order valence-electron chi connectivity index (χ1n) is 7.66. The van der Waals surface area contributed by atoms with E-state index in [1.54, 1.807) is 0 Å². The zero-order chi connectivity index (χ0) is 17.2. The fourth-order valence-corrected chi connectivity index (χ4v) is 1.40. The molecule has 0 aliphatic carbocycles. The van der Waals surface area contributed by atoms with Gasteiger partial charge in [0.05, 0.1) is 59.3 Å². The Kier molecular flexibility index (Phi) is 16.2. The predicted molar refractivity (Wildman–Crippen MR) is 82.2 cm³/mol. The minimum absolute atomic E-state index is 0.0166. The summed E-state index contributed by atoms with van der Waals surface area (Å²) in [5.41, 5.74) is 5.26. The minimum atomic E-state index is -0.888. The summed E-state index contributed by atoms with van der Waals surface area (Å²) in [6.45, 7) is 3.91. The van der Waals surface area contributed by atoms with Gasteiger partial charge in [0.1, 0.15) is 0 Å². The number of carbonyl (C=O) groups is 2. The lowest BCUT2D eigenvalue weighted by Crippen LogP contribution is -2.28. The van der Waals surface area contributed by atoms with Crippen molar-refractivity contribution in [3.8, 4) is 0 Å². The number of ether oxygens (including phenoxy) is 4. The number of carboxylic acids is 1. The number of hydrogen-bond acceptors (Lipinski definition) is 7. The first-order chi connectivity index (χ1) is 11.2. The fourth-order valence-electron chi connectivity index (χ4n) is 1.40. The molecule has 0 aliphatic heterocycles. The maximum Gasteiger partial charge on any atom is 0.305 e. The third-order valence-corrected chi connectivity index (χ3v) is 2.51. The van der Waals surface area contributed by atoms with Crippen molar-refractivity contribution in [3.63, 3.8) is 0 Å². The second-order valence-electron chi connectivity index (χ2n) is 4.48. The average Bonchev–Trinajstić information content (AvgIpc) is 2.52. The first kappa shape index (κ1) is 21.7. The van der Waals surface area contributed by atoms with Crippen molar-refractivity contribution in [1.29, 1.82) is 0 Å². The number of nitrogens with two attached hydrogens (primary N) is 1. The molecule has 136 valence electrons. The monoisotopic (exact) mass is 336 g/mol. The second kappa shape index (κ2) is 17.1. The highest BCUT2D eigenvalue weighted by Crippen LogP contribution is 1.86. The number of amides is 1. The molecule has 0 saturated heterocycles. The maximum atomic E-state index is 11.4. The van der Waals surface area contributed by atoms with E-state index in [0.717, 1.165) is 0 Å². The number of carbonyl (C=O) groups excluding carboxylic acids is 1. The van der Waals surface area contributed by atoms with E-state index in [4.69, 9.17) is 29.8 Å². The van der Waals surface area contributed by atoms with Crippen LogP contribution < -0.4 is 11.1 Å². The molecule has 4 N–H and O–H groups in total. The summed E-state index contributed by atoms with van der Waals surface area (Å²) in [6, 6.07) is 0. The molecule has 0 spiro atoms. The van der Waals surface area contributed by atoms with Crippen molar-refractivity contribution >= 4 is 11.9 Å². The van der Waals surface area contributed by atoms with Gasteiger partial charge in [-0.25, -0.2) is 0 Å². The van der Waals surface area contributed by atoms with Gasteiger partial charge in [-0.3, -0.25) is 9.59 Å². The Bertz CT molecular complexity index is 303. The maximum absolute atomic E-state index is 11.4. The van der Waals surface area contributed by atoms with Crippen LogP contribution in [-0.4, -0.2) is 82.9 Å². The molecular weight excluding hydrogens is 308 g/mol. The Morgan fingerprint density at radius 2 is 1.30 bits per heavy atom. The molecule has 0 saturated carbocycles. The van der Waals surface area contributed by atoms with Crippen LogP contribution in [0, 0.1) is 0 Å². The van der Waals surface area contributed by atoms with Gasteiger partial charge < -0.3 is 35.1 Å². The lowest BCUT2D eigenvalue weighted by Gasteiger charge is -2.07. The van der Waals surface area contributed by atoms with Crippen molar-refractivity contribution in [1.82, 2.24) is 5.32 Å². The van der Waals surface area contributed by atoms with Crippen LogP contribution in [0.4, 0.5) is 0 Å². The molecule has 0 aliphatic rings. The van der Waals surface area contributed by atoms with Crippen LogP contribution >= 0.6 is 0 Å². The van der Waals surface area contributed by atoms with E-state index < -0.39 is 5.97 Å². The number of rotatable bonds is 17. The zero-order valence-corrected chi connectivity index (χ0v) is 13.5. The Morgan fingerprint density at radius 1 is 0.783 bits per heavy atom. The van der Waals surface area contributed by atoms with E-state index in [-0.39, 0.29) is 25.4 Å². The van der Waals surface area contributed by atoms with E-state index in [1.165, 1.54) is 0 Å². The summed E-state index contributed by atoms with van der Waals surface area (Å²) in [7, 11) is 0. The molecule has 0 aromatic heterocycles. The Labute approximate surface area is 136 Å². The van der Waals surface area contributed by atoms with Gasteiger partial charge in [0.15, 0.2) is 0 Å². The van der Waals surface area contributed by atoms with Gasteiger partial charge in [0, 0.05) is 19.5 Å². The lowest BCUT2D eigenvalue weighted by molar-refractivity contribution is -0.138. The van der Waals surface area contributed by atoms with Gasteiger partial charge in [-0.1, -0.05) is 0 Å². The molecule has 23 heavy (non-hydrogen) atoms. The van der Waals surface area contributed by atoms with Gasteiger partial charge >= 0.3 is 5.97 Å². The normalized spacial score (nSPS) is 10.7. The largest absolute Gasteiger partial charge is 0.481 e. The van der Waals surface area contributed by atoms with Gasteiger partial charge in [0.2, 0.25) is 5.91 Å². The topological polar surface area (TPSA) is 129 Å². The third-order valence-electron chi connectivity index (χ3n) is 2.51. The molecule has 0 atom stereocenters. The standard InChI is InChI=1S/C14H28N2O7/c15-3-7-22-11-9-20-5-1-13(17)16-4-8-23-12-10-21-6-2-14(18)19/h1-12,15H2,(H,16,17)(H,18,19). The number of carboxylic acid groups (broad SMARTS) is 1. The van der Waals surface area contributed by atoms with Crippen LogP contribution in [0.25, 0.3) is 0 Å². The van der Waals surface area contributed by atoms with Gasteiger partial charge in [0.25, 0.3) is 0 Å². The molecule has 0 unspecified atom stereocenters. The van der Waals surface area contributed by atoms with Crippen LogP contribution in [0.2, 0.25) is 0 Å². The summed E-state index contributed by atoms with van der Waals surface area (Å²) in [4.78, 5) is 21.7. The summed E-state index contributed by atoms with van der Waals surface area (Å²) in [5, 5.41) is 11.1. The highest BCUT2D eigenvalue weighted by atomic mass is 16.5. The van der Waals surface area contributed by atoms with Crippen molar-refractivity contribution in [2.24, 2.45) is 5.73 Å². The molecule has 0 aromatic rings. The molecule has 0 heterocycles. The van der Waals surface area contributed by atoms with Crippen LogP contribution in [0.5, 0.6) is 0 Å². The van der Waals surface area contributed by atoms with Crippen LogP contribution in [0.1, 0.15) is 12.8 Å². The summed E-state index contributed by atoms with van der Waals surface area (Å²) < 4.78 is 20.6. The molecule has 0 aromatic carbocycles. The van der Waals surface area contributed by atoms with Gasteiger partial charge in [-0.05, 0) is 0 Å². The SMILES string of the molecule is NCCOCCOCCC(=O)NCCOCCOCCC(=O)O. The lowest BCUT2D eigenvalue weighted by atomic mass is 10.4. The molecule has 0 radical (unpaired) electrons. The van der Waals surface area contributed by atoms with E-state index in [0.29, 0.717) is 59.3 Å². The fraction of sp³-hybridized carbons (Fsp3) is 0.857.